The molecule has 27 heavy (non-hydrogen) atoms. The lowest BCUT2D eigenvalue weighted by Gasteiger charge is -2.58. The number of hydrogen-bond acceptors (Lipinski definition) is 5. The van der Waals surface area contributed by atoms with Crippen LogP contribution in [0.15, 0.2) is 24.3 Å². The fraction of sp³-hybridized carbons (Fsp3) is 0.571. The number of hydrogen-bond donors (Lipinski definition) is 2. The van der Waals surface area contributed by atoms with E-state index in [1.165, 1.54) is 6.92 Å². The predicted molar refractivity (Wildman–Crippen MR) is 98.1 cm³/mol. The lowest BCUT2D eigenvalue weighted by Crippen LogP contribution is -2.58. The van der Waals surface area contributed by atoms with E-state index in [0.717, 1.165) is 32.1 Å². The molecule has 4 atom stereocenters. The second-order valence-corrected chi connectivity index (χ2v) is 8.72. The Balaban J connectivity index is 1.34. The van der Waals surface area contributed by atoms with Crippen molar-refractivity contribution in [2.75, 3.05) is 11.9 Å². The van der Waals surface area contributed by atoms with Crippen molar-refractivity contribution in [3.05, 3.63) is 29.8 Å². The number of ether oxygens (including phenoxy) is 1. The number of carbonyl (C=O) groups is 3. The van der Waals surface area contributed by atoms with Gasteiger partial charge in [0.1, 0.15) is 0 Å². The van der Waals surface area contributed by atoms with E-state index in [2.05, 4.69) is 5.32 Å². The average Bonchev–Trinajstić information content (AvgIpc) is 2.58. The lowest BCUT2D eigenvalue weighted by molar-refractivity contribution is -0.196. The summed E-state index contributed by atoms with van der Waals surface area (Å²) >= 11 is 0. The van der Waals surface area contributed by atoms with Crippen LogP contribution in [-0.2, 0) is 14.3 Å². The number of Topliss-reactive ketones (excluding diaryl/α,β-unsaturated/α-hetero) is 1. The fourth-order valence-corrected chi connectivity index (χ4v) is 5.72. The summed E-state index contributed by atoms with van der Waals surface area (Å²) in [6.07, 6.45) is 4.65. The van der Waals surface area contributed by atoms with Gasteiger partial charge in [0, 0.05) is 11.3 Å². The van der Waals surface area contributed by atoms with E-state index in [9.17, 15) is 19.5 Å². The van der Waals surface area contributed by atoms with E-state index in [4.69, 9.17) is 4.74 Å². The normalized spacial score (nSPS) is 33.6. The number of anilines is 1. The Morgan fingerprint density at radius 1 is 1.11 bits per heavy atom. The zero-order valence-electron chi connectivity index (χ0n) is 15.5. The molecule has 0 spiro atoms. The van der Waals surface area contributed by atoms with E-state index in [1.807, 2.05) is 0 Å². The number of carbonyl (C=O) groups excluding carboxylic acids is 3. The van der Waals surface area contributed by atoms with Crippen molar-refractivity contribution in [2.24, 2.45) is 17.3 Å². The van der Waals surface area contributed by atoms with Gasteiger partial charge in [0.2, 0.25) is 0 Å². The van der Waals surface area contributed by atoms with Crippen molar-refractivity contribution in [2.45, 2.75) is 51.0 Å². The molecule has 1 aromatic carbocycles. The van der Waals surface area contributed by atoms with Gasteiger partial charge in [-0.3, -0.25) is 14.4 Å². The Morgan fingerprint density at radius 3 is 2.30 bits per heavy atom. The molecule has 6 heteroatoms. The minimum Gasteiger partial charge on any atom is -0.455 e. The van der Waals surface area contributed by atoms with Gasteiger partial charge in [-0.1, -0.05) is 0 Å². The molecule has 4 fully saturated rings. The molecule has 0 radical (unpaired) electrons. The van der Waals surface area contributed by atoms with E-state index in [0.29, 0.717) is 29.5 Å². The van der Waals surface area contributed by atoms with Crippen LogP contribution in [0.25, 0.3) is 0 Å². The quantitative estimate of drug-likeness (QED) is 0.613. The number of benzene rings is 1. The number of aliphatic hydroxyl groups is 1. The van der Waals surface area contributed by atoms with Crippen LogP contribution in [0.1, 0.15) is 55.8 Å². The molecule has 0 aliphatic heterocycles. The number of nitrogens with one attached hydrogen (secondary N) is 1. The highest BCUT2D eigenvalue weighted by Crippen LogP contribution is 2.61. The lowest BCUT2D eigenvalue weighted by atomic mass is 9.48. The zero-order valence-corrected chi connectivity index (χ0v) is 15.5. The zero-order chi connectivity index (χ0) is 19.2. The van der Waals surface area contributed by atoms with Gasteiger partial charge in [0.05, 0.1) is 11.0 Å². The van der Waals surface area contributed by atoms with Crippen molar-refractivity contribution >= 4 is 23.3 Å². The number of ketones is 1. The standard InChI is InChI=1S/C21H25NO5/c1-13(23)16-2-4-17(5-3-16)22-18(24)11-27-19(25)20-7-14-6-15(8-20)10-21(26,9-14)12-20/h2-5,14-15,26H,6-12H2,1H3,(H,22,24)/t14-,15+,20?,21?. The van der Waals surface area contributed by atoms with Crippen LogP contribution in [0.3, 0.4) is 0 Å². The van der Waals surface area contributed by atoms with Crippen molar-refractivity contribution in [1.82, 2.24) is 0 Å². The molecule has 6 nitrogen and oxygen atoms in total. The van der Waals surface area contributed by atoms with Crippen LogP contribution in [0.2, 0.25) is 0 Å². The molecular formula is C21H25NO5. The SMILES string of the molecule is CC(=O)c1ccc(NC(=O)COC(=O)C23C[C@@H]4C[C@@H](CC(O)(C4)C2)C3)cc1. The Kier molecular flexibility index (Phi) is 4.34. The molecule has 0 saturated heterocycles. The molecule has 0 aromatic heterocycles. The molecule has 4 bridgehead atoms. The van der Waals surface area contributed by atoms with E-state index in [-0.39, 0.29) is 18.4 Å². The van der Waals surface area contributed by atoms with Gasteiger partial charge in [-0.2, -0.15) is 0 Å². The maximum Gasteiger partial charge on any atom is 0.312 e. The molecule has 144 valence electrons. The molecule has 0 heterocycles. The van der Waals surface area contributed by atoms with Crippen LogP contribution in [0, 0.1) is 17.3 Å². The summed E-state index contributed by atoms with van der Waals surface area (Å²) in [7, 11) is 0. The summed E-state index contributed by atoms with van der Waals surface area (Å²) in [5.41, 5.74) is -0.240. The predicted octanol–water partition coefficient (Wildman–Crippen LogP) is 2.70. The van der Waals surface area contributed by atoms with Crippen LogP contribution < -0.4 is 5.32 Å². The first kappa shape index (κ1) is 18.2. The summed E-state index contributed by atoms with van der Waals surface area (Å²) in [6.45, 7) is 1.14. The third-order valence-corrected chi connectivity index (χ3v) is 6.37. The molecular weight excluding hydrogens is 346 g/mol. The van der Waals surface area contributed by atoms with Crippen LogP contribution in [-0.4, -0.2) is 35.0 Å². The number of rotatable bonds is 5. The fourth-order valence-electron chi connectivity index (χ4n) is 5.72. The van der Waals surface area contributed by atoms with Crippen molar-refractivity contribution in [1.29, 1.82) is 0 Å². The van der Waals surface area contributed by atoms with E-state index >= 15 is 0 Å². The maximum atomic E-state index is 12.8. The Hall–Kier alpha value is -2.21. The summed E-state index contributed by atoms with van der Waals surface area (Å²) in [6, 6.07) is 6.57. The summed E-state index contributed by atoms with van der Waals surface area (Å²) in [5, 5.41) is 13.4. The smallest absolute Gasteiger partial charge is 0.312 e. The van der Waals surface area contributed by atoms with E-state index in [1.54, 1.807) is 24.3 Å². The van der Waals surface area contributed by atoms with Gasteiger partial charge < -0.3 is 15.2 Å². The van der Waals surface area contributed by atoms with Crippen molar-refractivity contribution < 1.29 is 24.2 Å². The second-order valence-electron chi connectivity index (χ2n) is 8.72. The third-order valence-electron chi connectivity index (χ3n) is 6.37. The highest BCUT2D eigenvalue weighted by Gasteiger charge is 2.60. The Labute approximate surface area is 158 Å². The molecule has 5 rings (SSSR count). The topological polar surface area (TPSA) is 92.7 Å². The van der Waals surface area contributed by atoms with E-state index < -0.39 is 16.9 Å². The van der Waals surface area contributed by atoms with Crippen LogP contribution in [0.5, 0.6) is 0 Å². The van der Waals surface area contributed by atoms with Crippen LogP contribution >= 0.6 is 0 Å². The van der Waals surface area contributed by atoms with Gasteiger partial charge in [-0.25, -0.2) is 0 Å². The van der Waals surface area contributed by atoms with Gasteiger partial charge >= 0.3 is 5.97 Å². The molecule has 4 saturated carbocycles. The van der Waals surface area contributed by atoms with Crippen LogP contribution in [0.4, 0.5) is 5.69 Å². The monoisotopic (exact) mass is 371 g/mol. The Bertz CT molecular complexity index is 770. The maximum absolute atomic E-state index is 12.8. The molecule has 4 aliphatic rings. The largest absolute Gasteiger partial charge is 0.455 e. The summed E-state index contributed by atoms with van der Waals surface area (Å²) in [4.78, 5) is 36.2. The summed E-state index contributed by atoms with van der Waals surface area (Å²) in [5.74, 6) is -0.0339. The summed E-state index contributed by atoms with van der Waals surface area (Å²) < 4.78 is 5.35. The number of esters is 1. The number of amides is 1. The van der Waals surface area contributed by atoms with Gasteiger partial charge in [-0.05, 0) is 81.5 Å². The minimum absolute atomic E-state index is 0.0426. The van der Waals surface area contributed by atoms with Gasteiger partial charge in [-0.15, -0.1) is 0 Å². The highest BCUT2D eigenvalue weighted by molar-refractivity contribution is 5.96. The van der Waals surface area contributed by atoms with Crippen molar-refractivity contribution in [3.63, 3.8) is 0 Å². The minimum atomic E-state index is -0.732. The molecule has 1 aromatic rings. The van der Waals surface area contributed by atoms with Gasteiger partial charge in [0.15, 0.2) is 12.4 Å². The highest BCUT2D eigenvalue weighted by atomic mass is 16.5. The molecule has 1 amide bonds. The first-order valence-corrected chi connectivity index (χ1v) is 9.57. The first-order valence-electron chi connectivity index (χ1n) is 9.57. The molecule has 2 N–H and O–H groups in total. The Morgan fingerprint density at radius 2 is 1.74 bits per heavy atom. The molecule has 4 aliphatic carbocycles. The second kappa shape index (κ2) is 6.44. The van der Waals surface area contributed by atoms with Gasteiger partial charge in [0.25, 0.3) is 5.91 Å². The third kappa shape index (κ3) is 3.50. The average molecular weight is 371 g/mol. The first-order chi connectivity index (χ1) is 12.8. The molecule has 2 unspecified atom stereocenters. The van der Waals surface area contributed by atoms with Crippen molar-refractivity contribution in [3.8, 4) is 0 Å².